The second kappa shape index (κ2) is 9.34. The molecule has 7 nitrogen and oxygen atoms in total. The van der Waals surface area contributed by atoms with Gasteiger partial charge in [-0.1, -0.05) is 0 Å². The Morgan fingerprint density at radius 1 is 1.25 bits per heavy atom. The quantitative estimate of drug-likeness (QED) is 0.719. The number of ether oxygens (including phenoxy) is 3. The first kappa shape index (κ1) is 18.4. The molecule has 1 aliphatic heterocycles. The largest absolute Gasteiger partial charge is 0.497 e. The molecule has 1 atom stereocenters. The molecule has 1 fully saturated rings. The van der Waals surface area contributed by atoms with E-state index in [1.54, 1.807) is 18.9 Å². The van der Waals surface area contributed by atoms with Crippen LogP contribution in [0.5, 0.6) is 11.5 Å². The number of hydrogen-bond acceptors (Lipinski definition) is 5. The van der Waals surface area contributed by atoms with E-state index in [-0.39, 0.29) is 12.7 Å². The fraction of sp³-hybridized carbons (Fsp3) is 0.588. The number of carbonyl (C=O) groups is 1. The highest BCUT2D eigenvalue weighted by atomic mass is 16.6. The van der Waals surface area contributed by atoms with Crippen molar-refractivity contribution in [1.29, 1.82) is 0 Å². The highest BCUT2D eigenvalue weighted by molar-refractivity contribution is 5.67. The van der Waals surface area contributed by atoms with Gasteiger partial charge in [-0.3, -0.25) is 4.90 Å². The van der Waals surface area contributed by atoms with Crippen LogP contribution in [0.1, 0.15) is 6.92 Å². The van der Waals surface area contributed by atoms with Crippen molar-refractivity contribution in [3.63, 3.8) is 0 Å². The third-order valence-electron chi connectivity index (χ3n) is 4.02. The lowest BCUT2D eigenvalue weighted by Crippen LogP contribution is -3.16. The number of methoxy groups -OCH3 is 1. The van der Waals surface area contributed by atoms with Gasteiger partial charge in [0.25, 0.3) is 0 Å². The van der Waals surface area contributed by atoms with Crippen molar-refractivity contribution >= 4 is 6.09 Å². The van der Waals surface area contributed by atoms with Gasteiger partial charge in [0.1, 0.15) is 30.8 Å². The Bertz CT molecular complexity index is 500. The molecule has 7 heteroatoms. The van der Waals surface area contributed by atoms with E-state index in [2.05, 4.69) is 0 Å². The summed E-state index contributed by atoms with van der Waals surface area (Å²) in [6.07, 6.45) is -0.795. The van der Waals surface area contributed by atoms with Crippen LogP contribution in [0.15, 0.2) is 24.3 Å². The number of benzene rings is 1. The molecule has 0 spiro atoms. The molecule has 24 heavy (non-hydrogen) atoms. The van der Waals surface area contributed by atoms with Crippen molar-refractivity contribution in [2.75, 3.05) is 53.0 Å². The van der Waals surface area contributed by atoms with Gasteiger partial charge in [0, 0.05) is 0 Å². The Balaban J connectivity index is 1.67. The van der Waals surface area contributed by atoms with E-state index >= 15 is 0 Å². The van der Waals surface area contributed by atoms with E-state index in [0.717, 1.165) is 18.8 Å². The lowest BCUT2D eigenvalue weighted by Gasteiger charge is -2.32. The number of carbonyl (C=O) groups excluding carboxylic acids is 1. The minimum Gasteiger partial charge on any atom is -0.497 e. The standard InChI is InChI=1S/C17H26N2O5/c1-3-23-17(21)19-10-8-18(9-11-19)12-14(20)13-24-16-6-4-15(22-2)5-7-16/h4-7,14,20H,3,8-13H2,1-2H3/p+1. The second-order valence-electron chi connectivity index (χ2n) is 5.78. The van der Waals surface area contributed by atoms with Crippen LogP contribution >= 0.6 is 0 Å². The Labute approximate surface area is 142 Å². The van der Waals surface area contributed by atoms with Crippen LogP contribution < -0.4 is 14.4 Å². The molecule has 0 bridgehead atoms. The molecule has 0 aromatic heterocycles. The zero-order valence-corrected chi connectivity index (χ0v) is 14.4. The lowest BCUT2D eigenvalue weighted by molar-refractivity contribution is -0.907. The summed E-state index contributed by atoms with van der Waals surface area (Å²) in [5.41, 5.74) is 0. The normalized spacial score (nSPS) is 16.5. The van der Waals surface area contributed by atoms with Crippen molar-refractivity contribution in [3.05, 3.63) is 24.3 Å². The SMILES string of the molecule is CCOC(=O)N1CC[NH+](CC(O)COc2ccc(OC)cc2)CC1. The summed E-state index contributed by atoms with van der Waals surface area (Å²) in [5, 5.41) is 10.1. The molecule has 1 amide bonds. The number of aliphatic hydroxyl groups excluding tert-OH is 1. The molecule has 0 saturated carbocycles. The number of nitrogens with one attached hydrogen (secondary N) is 1. The summed E-state index contributed by atoms with van der Waals surface area (Å²) < 4.78 is 15.7. The maximum atomic E-state index is 11.6. The summed E-state index contributed by atoms with van der Waals surface area (Å²) in [6.45, 7) is 5.97. The highest BCUT2D eigenvalue weighted by Gasteiger charge is 2.26. The van der Waals surface area contributed by atoms with Crippen molar-refractivity contribution in [3.8, 4) is 11.5 Å². The number of amides is 1. The highest BCUT2D eigenvalue weighted by Crippen LogP contribution is 2.16. The third kappa shape index (κ3) is 5.58. The Hall–Kier alpha value is -1.99. The van der Waals surface area contributed by atoms with Gasteiger partial charge in [-0.25, -0.2) is 4.79 Å². The first-order chi connectivity index (χ1) is 11.6. The molecule has 1 aromatic carbocycles. The van der Waals surface area contributed by atoms with E-state index in [1.807, 2.05) is 24.3 Å². The van der Waals surface area contributed by atoms with Crippen LogP contribution in [0, 0.1) is 0 Å². The molecule has 1 aromatic rings. The van der Waals surface area contributed by atoms with Crippen LogP contribution in [0.2, 0.25) is 0 Å². The Morgan fingerprint density at radius 2 is 1.88 bits per heavy atom. The summed E-state index contributed by atoms with van der Waals surface area (Å²) in [4.78, 5) is 14.6. The maximum absolute atomic E-state index is 11.6. The first-order valence-electron chi connectivity index (χ1n) is 8.32. The maximum Gasteiger partial charge on any atom is 0.410 e. The third-order valence-corrected chi connectivity index (χ3v) is 4.02. The van der Waals surface area contributed by atoms with Crippen LogP contribution in [0.4, 0.5) is 4.79 Å². The van der Waals surface area contributed by atoms with E-state index in [4.69, 9.17) is 14.2 Å². The summed E-state index contributed by atoms with van der Waals surface area (Å²) in [5.74, 6) is 1.48. The Kier molecular flexibility index (Phi) is 7.14. The molecule has 0 aliphatic carbocycles. The molecule has 134 valence electrons. The first-order valence-corrected chi connectivity index (χ1v) is 8.32. The van der Waals surface area contributed by atoms with Crippen molar-refractivity contribution in [2.24, 2.45) is 0 Å². The number of nitrogens with zero attached hydrogens (tertiary/aromatic N) is 1. The van der Waals surface area contributed by atoms with E-state index in [1.165, 1.54) is 4.90 Å². The predicted octanol–water partition coefficient (Wildman–Crippen LogP) is -0.208. The van der Waals surface area contributed by atoms with Gasteiger partial charge in [0.05, 0.1) is 39.9 Å². The number of aliphatic hydroxyl groups is 1. The van der Waals surface area contributed by atoms with Gasteiger partial charge in [-0.15, -0.1) is 0 Å². The minimum atomic E-state index is -0.545. The van der Waals surface area contributed by atoms with Gasteiger partial charge in [0.2, 0.25) is 0 Å². The molecule has 1 saturated heterocycles. The smallest absolute Gasteiger partial charge is 0.410 e. The minimum absolute atomic E-state index is 0.247. The summed E-state index contributed by atoms with van der Waals surface area (Å²) in [7, 11) is 1.62. The van der Waals surface area contributed by atoms with E-state index < -0.39 is 6.10 Å². The van der Waals surface area contributed by atoms with Crippen LogP contribution in [-0.2, 0) is 4.74 Å². The summed E-state index contributed by atoms with van der Waals surface area (Å²) >= 11 is 0. The van der Waals surface area contributed by atoms with Crippen LogP contribution in [-0.4, -0.2) is 75.3 Å². The number of rotatable bonds is 7. The molecule has 2 N–H and O–H groups in total. The van der Waals surface area contributed by atoms with Crippen molar-refractivity contribution < 1.29 is 29.0 Å². The second-order valence-corrected chi connectivity index (χ2v) is 5.78. The Morgan fingerprint density at radius 3 is 2.46 bits per heavy atom. The number of piperazine rings is 1. The molecular formula is C17H27N2O5+. The molecule has 1 unspecified atom stereocenters. The van der Waals surface area contributed by atoms with Gasteiger partial charge < -0.3 is 24.2 Å². The van der Waals surface area contributed by atoms with Crippen molar-refractivity contribution in [1.82, 2.24) is 4.90 Å². The van der Waals surface area contributed by atoms with Crippen LogP contribution in [0.25, 0.3) is 0 Å². The van der Waals surface area contributed by atoms with Gasteiger partial charge >= 0.3 is 6.09 Å². The molecule has 1 aliphatic rings. The van der Waals surface area contributed by atoms with Gasteiger partial charge in [0.15, 0.2) is 0 Å². The van der Waals surface area contributed by atoms with Crippen LogP contribution in [0.3, 0.4) is 0 Å². The predicted molar refractivity (Wildman–Crippen MR) is 88.7 cm³/mol. The van der Waals surface area contributed by atoms with E-state index in [9.17, 15) is 9.90 Å². The number of hydrogen-bond donors (Lipinski definition) is 2. The van der Waals surface area contributed by atoms with E-state index in [0.29, 0.717) is 32.0 Å². The molecule has 0 radical (unpaired) electrons. The fourth-order valence-electron chi connectivity index (χ4n) is 2.68. The molecule has 1 heterocycles. The van der Waals surface area contributed by atoms with Gasteiger partial charge in [-0.2, -0.15) is 0 Å². The summed E-state index contributed by atoms with van der Waals surface area (Å²) in [6, 6.07) is 7.27. The lowest BCUT2D eigenvalue weighted by atomic mass is 10.2. The topological polar surface area (TPSA) is 72.7 Å². The van der Waals surface area contributed by atoms with Gasteiger partial charge in [-0.05, 0) is 31.2 Å². The zero-order valence-electron chi connectivity index (χ0n) is 14.4. The molecular weight excluding hydrogens is 312 g/mol. The molecule has 2 rings (SSSR count). The average molecular weight is 339 g/mol. The average Bonchev–Trinajstić information content (AvgIpc) is 2.61. The number of quaternary nitrogens is 1. The fourth-order valence-corrected chi connectivity index (χ4v) is 2.68. The monoisotopic (exact) mass is 339 g/mol. The zero-order chi connectivity index (χ0) is 17.4. The van der Waals surface area contributed by atoms with Crippen molar-refractivity contribution in [2.45, 2.75) is 13.0 Å².